The SMILES string of the molecule is CC1Cc2ccccc2N1c1ccc(C(=O)NCc2ccccc2F)cn1. The minimum absolute atomic E-state index is 0.143. The van der Waals surface area contributed by atoms with E-state index in [1.165, 1.54) is 11.6 Å². The van der Waals surface area contributed by atoms with Gasteiger partial charge in [-0.1, -0.05) is 36.4 Å². The number of benzene rings is 2. The highest BCUT2D eigenvalue weighted by atomic mass is 19.1. The van der Waals surface area contributed by atoms with Gasteiger partial charge in [-0.05, 0) is 43.2 Å². The fourth-order valence-electron chi connectivity index (χ4n) is 3.50. The van der Waals surface area contributed by atoms with Gasteiger partial charge in [0.25, 0.3) is 5.91 Å². The van der Waals surface area contributed by atoms with Crippen LogP contribution in [0.4, 0.5) is 15.9 Å². The van der Waals surface area contributed by atoms with Crippen LogP contribution in [0.1, 0.15) is 28.4 Å². The predicted octanol–water partition coefficient (Wildman–Crippen LogP) is 4.23. The lowest BCUT2D eigenvalue weighted by Gasteiger charge is -2.23. The fraction of sp³-hybridized carbons (Fsp3) is 0.182. The summed E-state index contributed by atoms with van der Waals surface area (Å²) < 4.78 is 13.7. The number of nitrogens with one attached hydrogen (secondary N) is 1. The average Bonchev–Trinajstić information content (AvgIpc) is 3.03. The Labute approximate surface area is 157 Å². The van der Waals surface area contributed by atoms with Crippen LogP contribution in [0.3, 0.4) is 0 Å². The third-order valence-corrected chi connectivity index (χ3v) is 4.86. The molecule has 4 rings (SSSR count). The highest BCUT2D eigenvalue weighted by Crippen LogP contribution is 2.36. The molecule has 0 aliphatic carbocycles. The van der Waals surface area contributed by atoms with Gasteiger partial charge < -0.3 is 10.2 Å². The number of carbonyl (C=O) groups excluding carboxylic acids is 1. The number of para-hydroxylation sites is 1. The minimum Gasteiger partial charge on any atom is -0.348 e. The summed E-state index contributed by atoms with van der Waals surface area (Å²) in [7, 11) is 0. The van der Waals surface area contributed by atoms with E-state index in [-0.39, 0.29) is 18.3 Å². The van der Waals surface area contributed by atoms with Crippen molar-refractivity contribution in [3.8, 4) is 0 Å². The van der Waals surface area contributed by atoms with Crippen molar-refractivity contribution in [1.29, 1.82) is 0 Å². The van der Waals surface area contributed by atoms with E-state index in [0.29, 0.717) is 17.2 Å². The molecule has 136 valence electrons. The van der Waals surface area contributed by atoms with E-state index in [4.69, 9.17) is 0 Å². The molecule has 1 unspecified atom stereocenters. The van der Waals surface area contributed by atoms with Crippen molar-refractivity contribution >= 4 is 17.4 Å². The molecule has 1 amide bonds. The normalized spacial score (nSPS) is 15.5. The zero-order valence-electron chi connectivity index (χ0n) is 15.0. The highest BCUT2D eigenvalue weighted by molar-refractivity contribution is 5.94. The fourth-order valence-corrected chi connectivity index (χ4v) is 3.50. The molecule has 3 aromatic rings. The Morgan fingerprint density at radius 1 is 1.15 bits per heavy atom. The Bertz CT molecular complexity index is 971. The Morgan fingerprint density at radius 2 is 1.93 bits per heavy atom. The van der Waals surface area contributed by atoms with Crippen LogP contribution < -0.4 is 10.2 Å². The van der Waals surface area contributed by atoms with E-state index in [1.807, 2.05) is 18.2 Å². The molecule has 0 saturated heterocycles. The topological polar surface area (TPSA) is 45.2 Å². The Morgan fingerprint density at radius 3 is 2.70 bits per heavy atom. The van der Waals surface area contributed by atoms with Gasteiger partial charge >= 0.3 is 0 Å². The lowest BCUT2D eigenvalue weighted by Crippen LogP contribution is -2.26. The maximum atomic E-state index is 13.7. The Kier molecular flexibility index (Phi) is 4.59. The number of fused-ring (bicyclic) bond motifs is 1. The third kappa shape index (κ3) is 3.40. The summed E-state index contributed by atoms with van der Waals surface area (Å²) in [5.41, 5.74) is 3.38. The minimum atomic E-state index is -0.326. The van der Waals surface area contributed by atoms with Crippen molar-refractivity contribution in [2.75, 3.05) is 4.90 Å². The number of hydrogen-bond acceptors (Lipinski definition) is 3. The monoisotopic (exact) mass is 361 g/mol. The molecule has 2 aromatic carbocycles. The zero-order valence-corrected chi connectivity index (χ0v) is 15.0. The second kappa shape index (κ2) is 7.19. The van der Waals surface area contributed by atoms with E-state index in [0.717, 1.165) is 17.9 Å². The second-order valence-corrected chi connectivity index (χ2v) is 6.73. The van der Waals surface area contributed by atoms with Crippen molar-refractivity contribution in [3.63, 3.8) is 0 Å². The maximum absolute atomic E-state index is 13.7. The summed E-state index contributed by atoms with van der Waals surface area (Å²) in [6, 6.07) is 18.6. The smallest absolute Gasteiger partial charge is 0.253 e. The second-order valence-electron chi connectivity index (χ2n) is 6.73. The first-order valence-electron chi connectivity index (χ1n) is 8.98. The quantitative estimate of drug-likeness (QED) is 0.756. The van der Waals surface area contributed by atoms with Crippen LogP contribution in [0.5, 0.6) is 0 Å². The molecule has 2 heterocycles. The van der Waals surface area contributed by atoms with E-state index in [9.17, 15) is 9.18 Å². The molecular formula is C22H20FN3O. The summed E-state index contributed by atoms with van der Waals surface area (Å²) in [6.45, 7) is 2.31. The molecule has 5 heteroatoms. The van der Waals surface area contributed by atoms with Crippen LogP contribution in [0.2, 0.25) is 0 Å². The van der Waals surface area contributed by atoms with Crippen molar-refractivity contribution in [1.82, 2.24) is 10.3 Å². The number of carbonyl (C=O) groups is 1. The Hall–Kier alpha value is -3.21. The summed E-state index contributed by atoms with van der Waals surface area (Å²) in [4.78, 5) is 19.0. The predicted molar refractivity (Wildman–Crippen MR) is 104 cm³/mol. The van der Waals surface area contributed by atoms with Crippen LogP contribution in [0.25, 0.3) is 0 Å². The molecule has 0 spiro atoms. The molecule has 0 bridgehead atoms. The average molecular weight is 361 g/mol. The number of nitrogens with zero attached hydrogens (tertiary/aromatic N) is 2. The number of pyridine rings is 1. The van der Waals surface area contributed by atoms with Gasteiger partial charge in [0.15, 0.2) is 0 Å². The molecule has 1 N–H and O–H groups in total. The van der Waals surface area contributed by atoms with Crippen LogP contribution in [-0.4, -0.2) is 16.9 Å². The van der Waals surface area contributed by atoms with Gasteiger partial charge in [-0.2, -0.15) is 0 Å². The number of anilines is 2. The van der Waals surface area contributed by atoms with Gasteiger partial charge in [0.05, 0.1) is 5.56 Å². The molecule has 0 fully saturated rings. The van der Waals surface area contributed by atoms with Crippen molar-refractivity contribution in [3.05, 3.63) is 89.4 Å². The van der Waals surface area contributed by atoms with Crippen molar-refractivity contribution < 1.29 is 9.18 Å². The zero-order chi connectivity index (χ0) is 18.8. The largest absolute Gasteiger partial charge is 0.348 e. The molecule has 1 aliphatic rings. The molecular weight excluding hydrogens is 341 g/mol. The van der Waals surface area contributed by atoms with Crippen LogP contribution in [0, 0.1) is 5.82 Å². The highest BCUT2D eigenvalue weighted by Gasteiger charge is 2.27. The van der Waals surface area contributed by atoms with Crippen LogP contribution in [0.15, 0.2) is 66.9 Å². The van der Waals surface area contributed by atoms with E-state index < -0.39 is 0 Å². The van der Waals surface area contributed by atoms with Gasteiger partial charge in [-0.25, -0.2) is 9.37 Å². The van der Waals surface area contributed by atoms with Crippen LogP contribution in [-0.2, 0) is 13.0 Å². The maximum Gasteiger partial charge on any atom is 0.253 e. The molecule has 1 aromatic heterocycles. The standard InChI is InChI=1S/C22H20FN3O/c1-15-12-16-6-3-5-9-20(16)26(15)21-11-10-18(14-24-21)22(27)25-13-17-7-2-4-8-19(17)23/h2-11,14-15H,12-13H2,1H3,(H,25,27). The number of aromatic nitrogens is 1. The van der Waals surface area contributed by atoms with Gasteiger partial charge in [0.1, 0.15) is 11.6 Å². The Balaban J connectivity index is 1.48. The number of rotatable bonds is 4. The van der Waals surface area contributed by atoms with Crippen molar-refractivity contribution in [2.45, 2.75) is 25.9 Å². The number of halogens is 1. The van der Waals surface area contributed by atoms with Gasteiger partial charge in [-0.15, -0.1) is 0 Å². The summed E-state index contributed by atoms with van der Waals surface area (Å²) in [5, 5.41) is 2.74. The number of amides is 1. The first-order valence-corrected chi connectivity index (χ1v) is 8.98. The van der Waals surface area contributed by atoms with E-state index in [2.05, 4.69) is 34.3 Å². The molecule has 0 saturated carbocycles. The molecule has 1 aliphatic heterocycles. The lowest BCUT2D eigenvalue weighted by atomic mass is 10.1. The molecule has 1 atom stereocenters. The lowest BCUT2D eigenvalue weighted by molar-refractivity contribution is 0.0950. The number of hydrogen-bond donors (Lipinski definition) is 1. The van der Waals surface area contributed by atoms with Gasteiger partial charge in [0.2, 0.25) is 0 Å². The van der Waals surface area contributed by atoms with E-state index >= 15 is 0 Å². The molecule has 4 nitrogen and oxygen atoms in total. The summed E-state index contributed by atoms with van der Waals surface area (Å²) in [6.07, 6.45) is 2.54. The summed E-state index contributed by atoms with van der Waals surface area (Å²) in [5.74, 6) is 0.221. The third-order valence-electron chi connectivity index (χ3n) is 4.86. The van der Waals surface area contributed by atoms with Gasteiger partial charge in [-0.3, -0.25) is 4.79 Å². The molecule has 0 radical (unpaired) electrons. The summed E-state index contributed by atoms with van der Waals surface area (Å²) >= 11 is 0. The first kappa shape index (κ1) is 17.2. The molecule has 27 heavy (non-hydrogen) atoms. The van der Waals surface area contributed by atoms with E-state index in [1.54, 1.807) is 30.5 Å². The van der Waals surface area contributed by atoms with Gasteiger partial charge in [0, 0.05) is 30.0 Å². The van der Waals surface area contributed by atoms with Crippen molar-refractivity contribution in [2.24, 2.45) is 0 Å². The van der Waals surface area contributed by atoms with Crippen LogP contribution >= 0.6 is 0 Å². The first-order chi connectivity index (χ1) is 13.1.